The Labute approximate surface area is 212 Å². The summed E-state index contributed by atoms with van der Waals surface area (Å²) in [4.78, 5) is 20.1. The third-order valence-electron chi connectivity index (χ3n) is 7.95. The smallest absolute Gasteiger partial charge is 0.256 e. The Balaban J connectivity index is 1.34. The monoisotopic (exact) mass is 487 g/mol. The lowest BCUT2D eigenvalue weighted by Gasteiger charge is -2.65. The molecule has 2 saturated carbocycles. The quantitative estimate of drug-likeness (QED) is 0.510. The van der Waals surface area contributed by atoms with Gasteiger partial charge in [-0.1, -0.05) is 52.1 Å². The fraction of sp³-hybridized carbons (Fsp3) is 0.483. The van der Waals surface area contributed by atoms with E-state index in [4.69, 9.17) is 26.6 Å². The van der Waals surface area contributed by atoms with Crippen molar-refractivity contribution in [2.45, 2.75) is 66.2 Å². The van der Waals surface area contributed by atoms with E-state index in [1.54, 1.807) is 18.2 Å². The first-order chi connectivity index (χ1) is 16.5. The van der Waals surface area contributed by atoms with Crippen LogP contribution in [0.5, 0.6) is 5.75 Å². The van der Waals surface area contributed by atoms with Gasteiger partial charge in [0.2, 0.25) is 0 Å². The van der Waals surface area contributed by atoms with Gasteiger partial charge in [-0.3, -0.25) is 4.79 Å². The molecule has 5 nitrogen and oxygen atoms in total. The Morgan fingerprint density at radius 3 is 2.49 bits per heavy atom. The number of nitriles is 1. The van der Waals surface area contributed by atoms with E-state index >= 15 is 0 Å². The number of halogens is 1. The molecule has 2 aliphatic carbocycles. The first-order valence-electron chi connectivity index (χ1n) is 12.2. The first-order valence-corrected chi connectivity index (χ1v) is 12.6. The lowest BCUT2D eigenvalue weighted by molar-refractivity contribution is -0.199. The van der Waals surface area contributed by atoms with E-state index in [-0.39, 0.29) is 28.9 Å². The molecule has 180 valence electrons. The third-order valence-corrected chi connectivity index (χ3v) is 8.26. The highest BCUT2D eigenvalue weighted by molar-refractivity contribution is 6.31. The number of hydrogen-bond donors (Lipinski definition) is 0. The van der Waals surface area contributed by atoms with E-state index in [1.165, 1.54) is 0 Å². The molecule has 1 amide bonds. The number of carbonyl (C=O) groups excluding carboxylic acids is 1. The number of rotatable bonds is 3. The molecular weight excluding hydrogens is 458 g/mol. The Hall–Kier alpha value is -3.02. The van der Waals surface area contributed by atoms with Crippen LogP contribution in [0.3, 0.4) is 0 Å². The molecule has 0 N–H and O–H groups in total. The minimum Gasteiger partial charge on any atom is -0.489 e. The van der Waals surface area contributed by atoms with Gasteiger partial charge in [0.25, 0.3) is 5.91 Å². The topological polar surface area (TPSA) is 66.2 Å². The van der Waals surface area contributed by atoms with Crippen LogP contribution in [0.2, 0.25) is 5.02 Å². The van der Waals surface area contributed by atoms with Crippen molar-refractivity contribution < 1.29 is 9.53 Å². The number of pyridine rings is 1. The van der Waals surface area contributed by atoms with Crippen LogP contribution in [0.1, 0.15) is 74.8 Å². The fourth-order valence-corrected chi connectivity index (χ4v) is 6.90. The van der Waals surface area contributed by atoms with Gasteiger partial charge in [0.15, 0.2) is 0 Å². The van der Waals surface area contributed by atoms with E-state index in [0.29, 0.717) is 34.4 Å². The molecule has 1 aliphatic heterocycles. The standard InChI is InChI=1S/C29H30ClN3O2/c1-17-12-18(13-17)6-8-20-9-11-22-24(32-20)16-33(25(22)34)26-28(2,3)27(29(26,4)5)35-21-10-7-19(15-31)23(30)14-21/h7,9-11,14,17-18,26-27H,12-13,16H2,1-5H3/t17?,18?,26-,27-. The molecule has 0 unspecified atom stereocenters. The molecule has 35 heavy (non-hydrogen) atoms. The van der Waals surface area contributed by atoms with Crippen LogP contribution in [-0.4, -0.2) is 27.9 Å². The molecule has 3 aliphatic rings. The van der Waals surface area contributed by atoms with Crippen molar-refractivity contribution in [2.75, 3.05) is 0 Å². The Morgan fingerprint density at radius 2 is 1.86 bits per heavy atom. The molecule has 2 aromatic rings. The van der Waals surface area contributed by atoms with Crippen molar-refractivity contribution in [1.29, 1.82) is 5.26 Å². The second-order valence-corrected chi connectivity index (χ2v) is 11.9. The highest BCUT2D eigenvalue weighted by Crippen LogP contribution is 2.59. The van der Waals surface area contributed by atoms with E-state index in [9.17, 15) is 4.79 Å². The van der Waals surface area contributed by atoms with Crippen LogP contribution >= 0.6 is 11.6 Å². The maximum Gasteiger partial charge on any atom is 0.256 e. The second-order valence-electron chi connectivity index (χ2n) is 11.5. The van der Waals surface area contributed by atoms with Gasteiger partial charge < -0.3 is 9.64 Å². The molecule has 2 fully saturated rings. The highest BCUT2D eigenvalue weighted by atomic mass is 35.5. The Morgan fingerprint density at radius 1 is 1.14 bits per heavy atom. The first kappa shape index (κ1) is 23.7. The van der Waals surface area contributed by atoms with E-state index in [1.807, 2.05) is 17.0 Å². The summed E-state index contributed by atoms with van der Waals surface area (Å²) in [5, 5.41) is 9.51. The zero-order chi connectivity index (χ0) is 25.1. The van der Waals surface area contributed by atoms with Crippen LogP contribution in [0.25, 0.3) is 0 Å². The van der Waals surface area contributed by atoms with Crippen molar-refractivity contribution in [3.05, 3.63) is 57.9 Å². The predicted octanol–water partition coefficient (Wildman–Crippen LogP) is 5.84. The van der Waals surface area contributed by atoms with Crippen molar-refractivity contribution in [3.63, 3.8) is 0 Å². The summed E-state index contributed by atoms with van der Waals surface area (Å²) < 4.78 is 6.39. The van der Waals surface area contributed by atoms with E-state index in [2.05, 4.69) is 52.5 Å². The highest BCUT2D eigenvalue weighted by Gasteiger charge is 2.67. The molecule has 0 radical (unpaired) electrons. The summed E-state index contributed by atoms with van der Waals surface area (Å²) in [7, 11) is 0. The lowest BCUT2D eigenvalue weighted by Crippen LogP contribution is -2.74. The van der Waals surface area contributed by atoms with Crippen LogP contribution < -0.4 is 4.74 Å². The number of hydrogen-bond acceptors (Lipinski definition) is 4. The fourth-order valence-electron chi connectivity index (χ4n) is 6.69. The van der Waals surface area contributed by atoms with Crippen molar-refractivity contribution >= 4 is 17.5 Å². The van der Waals surface area contributed by atoms with Gasteiger partial charge in [-0.25, -0.2) is 4.98 Å². The zero-order valence-electron chi connectivity index (χ0n) is 20.9. The number of carbonyl (C=O) groups is 1. The van der Waals surface area contributed by atoms with Crippen LogP contribution in [0.4, 0.5) is 0 Å². The molecule has 0 atom stereocenters. The third kappa shape index (κ3) is 3.87. The molecule has 1 aromatic carbocycles. The van der Waals surface area contributed by atoms with Gasteiger partial charge in [0.1, 0.15) is 23.6 Å². The number of ether oxygens (including phenoxy) is 1. The summed E-state index contributed by atoms with van der Waals surface area (Å²) in [5.41, 5.74) is 2.03. The van der Waals surface area contributed by atoms with Gasteiger partial charge in [-0.05, 0) is 48.9 Å². The van der Waals surface area contributed by atoms with Crippen LogP contribution in [0, 0.1) is 45.8 Å². The van der Waals surface area contributed by atoms with Gasteiger partial charge >= 0.3 is 0 Å². The minimum atomic E-state index is -0.300. The number of nitrogens with zero attached hydrogens (tertiary/aromatic N) is 3. The largest absolute Gasteiger partial charge is 0.489 e. The molecule has 2 heterocycles. The van der Waals surface area contributed by atoms with Gasteiger partial charge in [-0.15, -0.1) is 0 Å². The number of amides is 1. The van der Waals surface area contributed by atoms with Crippen molar-refractivity contribution in [2.24, 2.45) is 22.7 Å². The maximum absolute atomic E-state index is 13.4. The van der Waals surface area contributed by atoms with E-state index < -0.39 is 0 Å². The summed E-state index contributed by atoms with van der Waals surface area (Å²) in [6.07, 6.45) is 2.18. The molecule has 1 aromatic heterocycles. The average molecular weight is 488 g/mol. The Kier molecular flexibility index (Phi) is 5.61. The van der Waals surface area contributed by atoms with Crippen molar-refractivity contribution in [1.82, 2.24) is 9.88 Å². The SMILES string of the molecule is CC1CC(C#Cc2ccc3c(n2)CN([C@H]2C(C)(C)[C@H](Oc4ccc(C#N)c(Cl)c4)C2(C)C)C3=O)C1. The van der Waals surface area contributed by atoms with Crippen LogP contribution in [-0.2, 0) is 6.54 Å². The summed E-state index contributed by atoms with van der Waals surface area (Å²) >= 11 is 6.22. The second kappa shape index (κ2) is 8.28. The number of fused-ring (bicyclic) bond motifs is 1. The van der Waals surface area contributed by atoms with Gasteiger partial charge in [-0.2, -0.15) is 5.26 Å². The summed E-state index contributed by atoms with van der Waals surface area (Å²) in [6.45, 7) is 11.3. The van der Waals surface area contributed by atoms with E-state index in [0.717, 1.165) is 30.1 Å². The molecular formula is C29H30ClN3O2. The molecule has 0 spiro atoms. The zero-order valence-corrected chi connectivity index (χ0v) is 21.6. The minimum absolute atomic E-state index is 0.0193. The lowest BCUT2D eigenvalue weighted by atomic mass is 9.49. The van der Waals surface area contributed by atoms with Crippen molar-refractivity contribution in [3.8, 4) is 23.7 Å². The summed E-state index contributed by atoms with van der Waals surface area (Å²) in [6, 6.07) is 10.9. The van der Waals surface area contributed by atoms with Gasteiger partial charge in [0.05, 0.1) is 28.4 Å². The normalized spacial score (nSPS) is 27.6. The Bertz CT molecular complexity index is 1290. The van der Waals surface area contributed by atoms with Gasteiger partial charge in [0, 0.05) is 28.9 Å². The molecule has 6 heteroatoms. The molecule has 5 rings (SSSR count). The van der Waals surface area contributed by atoms with Crippen LogP contribution in [0.15, 0.2) is 30.3 Å². The molecule has 0 bridgehead atoms. The molecule has 0 saturated heterocycles. The predicted molar refractivity (Wildman–Crippen MR) is 135 cm³/mol. The number of benzene rings is 1. The average Bonchev–Trinajstić information content (AvgIpc) is 3.08. The number of aromatic nitrogens is 1. The summed E-state index contributed by atoms with van der Waals surface area (Å²) in [5.74, 6) is 8.44. The maximum atomic E-state index is 13.4.